The van der Waals surface area contributed by atoms with E-state index in [-0.39, 0.29) is 4.90 Å². The van der Waals surface area contributed by atoms with Crippen molar-refractivity contribution in [3.8, 4) is 28.4 Å². The van der Waals surface area contributed by atoms with Gasteiger partial charge in [0.2, 0.25) is 10.0 Å². The van der Waals surface area contributed by atoms with Crippen LogP contribution in [0.4, 0.5) is 10.5 Å². The van der Waals surface area contributed by atoms with Gasteiger partial charge < -0.3 is 14.6 Å². The summed E-state index contributed by atoms with van der Waals surface area (Å²) in [4.78, 5) is 23.7. The standard InChI is InChI=1S/C30H28N2O7S/c1-20(2)28(29(33)34)32-40(36,37)27-18-10-22(11-19-27)21-8-14-26(15-9-21)39-30(35)31-23-12-16-25(17-13-23)38-24-6-4-3-5-7-24/h3-20,28,32H,1-2H3,(H,31,35)(H,33,34)/t28-/m1/s1. The van der Waals surface area contributed by atoms with Crippen molar-refractivity contribution in [3.05, 3.63) is 103 Å². The van der Waals surface area contributed by atoms with Crippen molar-refractivity contribution >= 4 is 27.8 Å². The van der Waals surface area contributed by atoms with E-state index in [1.165, 1.54) is 12.1 Å². The van der Waals surface area contributed by atoms with E-state index in [1.54, 1.807) is 74.5 Å². The Kier molecular flexibility index (Phi) is 8.83. The third kappa shape index (κ3) is 7.46. The number of amides is 1. The van der Waals surface area contributed by atoms with Crippen molar-refractivity contribution in [2.75, 3.05) is 5.32 Å². The SMILES string of the molecule is CC(C)[C@@H](NS(=O)(=O)c1ccc(-c2ccc(OC(=O)Nc3ccc(Oc4ccccc4)cc3)cc2)cc1)C(=O)O. The molecule has 4 aromatic carbocycles. The minimum atomic E-state index is -4.01. The van der Waals surface area contributed by atoms with Crippen LogP contribution in [0.1, 0.15) is 13.8 Å². The van der Waals surface area contributed by atoms with Crippen LogP contribution in [0, 0.1) is 5.92 Å². The number of benzene rings is 4. The van der Waals surface area contributed by atoms with Gasteiger partial charge in [-0.3, -0.25) is 10.1 Å². The molecule has 40 heavy (non-hydrogen) atoms. The number of para-hydroxylation sites is 1. The van der Waals surface area contributed by atoms with Gasteiger partial charge >= 0.3 is 12.1 Å². The Balaban J connectivity index is 1.34. The Morgan fingerprint density at radius 2 is 1.25 bits per heavy atom. The van der Waals surface area contributed by atoms with E-state index < -0.39 is 34.0 Å². The second-order valence-corrected chi connectivity index (χ2v) is 10.9. The molecule has 206 valence electrons. The molecule has 3 N–H and O–H groups in total. The summed E-state index contributed by atoms with van der Waals surface area (Å²) >= 11 is 0. The maximum Gasteiger partial charge on any atom is 0.417 e. The minimum absolute atomic E-state index is 0.0422. The molecular formula is C30H28N2O7S. The van der Waals surface area contributed by atoms with Gasteiger partial charge in [-0.15, -0.1) is 0 Å². The van der Waals surface area contributed by atoms with Gasteiger partial charge in [-0.2, -0.15) is 4.72 Å². The first kappa shape index (κ1) is 28.3. The summed E-state index contributed by atoms with van der Waals surface area (Å²) in [7, 11) is -4.01. The van der Waals surface area contributed by atoms with Crippen molar-refractivity contribution in [3.63, 3.8) is 0 Å². The summed E-state index contributed by atoms with van der Waals surface area (Å²) in [5, 5.41) is 11.9. The van der Waals surface area contributed by atoms with Crippen LogP contribution < -0.4 is 19.5 Å². The highest BCUT2D eigenvalue weighted by atomic mass is 32.2. The molecule has 0 aliphatic rings. The van der Waals surface area contributed by atoms with Gasteiger partial charge in [-0.05, 0) is 77.7 Å². The highest BCUT2D eigenvalue weighted by molar-refractivity contribution is 7.89. The molecule has 1 atom stereocenters. The molecule has 4 rings (SSSR count). The molecule has 0 fully saturated rings. The van der Waals surface area contributed by atoms with Crippen LogP contribution >= 0.6 is 0 Å². The Bertz CT molecular complexity index is 1550. The second-order valence-electron chi connectivity index (χ2n) is 9.18. The zero-order valence-corrected chi connectivity index (χ0v) is 22.6. The van der Waals surface area contributed by atoms with Crippen LogP contribution in [0.25, 0.3) is 11.1 Å². The molecule has 0 aromatic heterocycles. The summed E-state index contributed by atoms with van der Waals surface area (Å²) in [6, 6.07) is 27.8. The molecule has 0 saturated heterocycles. The Labute approximate surface area is 232 Å². The molecule has 4 aromatic rings. The maximum atomic E-state index is 12.6. The smallest absolute Gasteiger partial charge is 0.417 e. The van der Waals surface area contributed by atoms with Crippen molar-refractivity contribution < 1.29 is 32.6 Å². The molecule has 10 heteroatoms. The Morgan fingerprint density at radius 1 is 0.725 bits per heavy atom. The quantitative estimate of drug-likeness (QED) is 0.212. The predicted molar refractivity (Wildman–Crippen MR) is 151 cm³/mol. The Morgan fingerprint density at radius 3 is 1.80 bits per heavy atom. The van der Waals surface area contributed by atoms with E-state index in [9.17, 15) is 23.1 Å². The van der Waals surface area contributed by atoms with Crippen LogP contribution in [-0.4, -0.2) is 31.6 Å². The zero-order chi connectivity index (χ0) is 28.7. The maximum absolute atomic E-state index is 12.6. The first-order valence-electron chi connectivity index (χ1n) is 12.4. The number of nitrogens with one attached hydrogen (secondary N) is 2. The number of carbonyl (C=O) groups excluding carboxylic acids is 1. The van der Waals surface area contributed by atoms with Crippen LogP contribution in [0.15, 0.2) is 108 Å². The molecule has 0 saturated carbocycles. The summed E-state index contributed by atoms with van der Waals surface area (Å²) in [5.41, 5.74) is 2.03. The number of rotatable bonds is 10. The second kappa shape index (κ2) is 12.5. The highest BCUT2D eigenvalue weighted by Crippen LogP contribution is 2.25. The minimum Gasteiger partial charge on any atom is -0.480 e. The van der Waals surface area contributed by atoms with Crippen molar-refractivity contribution in [1.29, 1.82) is 0 Å². The summed E-state index contributed by atoms with van der Waals surface area (Å²) in [6.07, 6.45) is -0.660. The molecular weight excluding hydrogens is 532 g/mol. The average molecular weight is 561 g/mol. The van der Waals surface area contributed by atoms with E-state index in [0.29, 0.717) is 22.9 Å². The molecule has 1 amide bonds. The number of hydrogen-bond donors (Lipinski definition) is 3. The van der Waals surface area contributed by atoms with Crippen molar-refractivity contribution in [2.45, 2.75) is 24.8 Å². The lowest BCUT2D eigenvalue weighted by molar-refractivity contribution is -0.140. The summed E-state index contributed by atoms with van der Waals surface area (Å²) in [6.45, 7) is 3.25. The van der Waals surface area contributed by atoms with Crippen LogP contribution in [0.2, 0.25) is 0 Å². The number of carbonyl (C=O) groups is 2. The van der Waals surface area contributed by atoms with E-state index in [1.807, 2.05) is 30.3 Å². The fourth-order valence-electron chi connectivity index (χ4n) is 3.73. The van der Waals surface area contributed by atoms with Gasteiger partial charge in [0, 0.05) is 5.69 Å². The molecule has 0 radical (unpaired) electrons. The number of carboxylic acids is 1. The topological polar surface area (TPSA) is 131 Å². The number of carboxylic acid groups (broad SMARTS) is 1. The lowest BCUT2D eigenvalue weighted by Gasteiger charge is -2.18. The zero-order valence-electron chi connectivity index (χ0n) is 21.8. The average Bonchev–Trinajstić information content (AvgIpc) is 2.93. The first-order valence-corrected chi connectivity index (χ1v) is 13.9. The number of aliphatic carboxylic acids is 1. The molecule has 0 bridgehead atoms. The van der Waals surface area contributed by atoms with Gasteiger partial charge in [0.05, 0.1) is 4.90 Å². The predicted octanol–water partition coefficient (Wildman–Crippen LogP) is 6.14. The normalized spacial score (nSPS) is 12.0. The fourth-order valence-corrected chi connectivity index (χ4v) is 5.07. The highest BCUT2D eigenvalue weighted by Gasteiger charge is 2.28. The van der Waals surface area contributed by atoms with Gasteiger partial charge in [-0.25, -0.2) is 13.2 Å². The van der Waals surface area contributed by atoms with Gasteiger partial charge in [0.25, 0.3) is 0 Å². The lowest BCUT2D eigenvalue weighted by Crippen LogP contribution is -2.44. The number of sulfonamides is 1. The van der Waals surface area contributed by atoms with Crippen LogP contribution in [0.3, 0.4) is 0 Å². The number of ether oxygens (including phenoxy) is 2. The van der Waals surface area contributed by atoms with Gasteiger partial charge in [0.1, 0.15) is 23.3 Å². The first-order chi connectivity index (χ1) is 19.1. The van der Waals surface area contributed by atoms with E-state index in [4.69, 9.17) is 9.47 Å². The van der Waals surface area contributed by atoms with Crippen LogP contribution in [0.5, 0.6) is 17.2 Å². The summed E-state index contributed by atoms with van der Waals surface area (Å²) < 4.78 is 38.6. The number of anilines is 1. The third-order valence-corrected chi connectivity index (χ3v) is 7.31. The molecule has 0 spiro atoms. The third-order valence-electron chi connectivity index (χ3n) is 5.86. The van der Waals surface area contributed by atoms with Gasteiger partial charge in [0.15, 0.2) is 0 Å². The van der Waals surface area contributed by atoms with Gasteiger partial charge in [-0.1, -0.05) is 56.3 Å². The Hall–Kier alpha value is -4.67. The molecule has 9 nitrogen and oxygen atoms in total. The molecule has 0 heterocycles. The van der Waals surface area contributed by atoms with Crippen LogP contribution in [-0.2, 0) is 14.8 Å². The lowest BCUT2D eigenvalue weighted by atomic mass is 10.1. The molecule has 0 aliphatic carbocycles. The van der Waals surface area contributed by atoms with Crippen molar-refractivity contribution in [2.24, 2.45) is 5.92 Å². The monoisotopic (exact) mass is 560 g/mol. The summed E-state index contributed by atoms with van der Waals surface area (Å²) in [5.74, 6) is -0.00349. The largest absolute Gasteiger partial charge is 0.480 e. The molecule has 0 aliphatic heterocycles. The van der Waals surface area contributed by atoms with Crippen molar-refractivity contribution in [1.82, 2.24) is 4.72 Å². The molecule has 0 unspecified atom stereocenters. The van der Waals surface area contributed by atoms with E-state index >= 15 is 0 Å². The van der Waals surface area contributed by atoms with E-state index in [2.05, 4.69) is 10.0 Å². The van der Waals surface area contributed by atoms with E-state index in [0.717, 1.165) is 11.1 Å². The fraction of sp³-hybridized carbons (Fsp3) is 0.133. The number of hydrogen-bond acceptors (Lipinski definition) is 6.